The quantitative estimate of drug-likeness (QED) is 0.859. The lowest BCUT2D eigenvalue weighted by molar-refractivity contribution is -0.144. The molecule has 1 aliphatic rings. The predicted octanol–water partition coefficient (Wildman–Crippen LogP) is 0.894. The Hall–Kier alpha value is -2.45. The van der Waals surface area contributed by atoms with Crippen LogP contribution in [-0.2, 0) is 9.53 Å². The number of aromatic nitrogens is 3. The fraction of sp³-hybridized carbons (Fsp3) is 0.286. The van der Waals surface area contributed by atoms with Gasteiger partial charge < -0.3 is 15.2 Å². The number of carboxylic acids is 1. The van der Waals surface area contributed by atoms with Gasteiger partial charge in [-0.05, 0) is 12.1 Å². The lowest BCUT2D eigenvalue weighted by Gasteiger charge is -2.22. The van der Waals surface area contributed by atoms with Crippen LogP contribution in [0.3, 0.4) is 0 Å². The number of rotatable bonds is 4. The summed E-state index contributed by atoms with van der Waals surface area (Å²) in [5.41, 5.74) is -0.860. The van der Waals surface area contributed by atoms with E-state index in [1.807, 2.05) is 0 Å². The van der Waals surface area contributed by atoms with Crippen LogP contribution in [0.25, 0.3) is 5.69 Å². The lowest BCUT2D eigenvalue weighted by Crippen LogP contribution is -2.55. The standard InChI is InChI=1S/C14H13ClN4O4/c15-9-3-1-2-4-11(9)19-7-10(17-18-19)12(20)16-14(13(21)22)5-6-23-8-14/h1-4,7H,5-6,8H2,(H,16,20)(H,21,22). The number of nitrogens with zero attached hydrogens (tertiary/aromatic N) is 3. The maximum absolute atomic E-state index is 12.3. The van der Waals surface area contributed by atoms with Gasteiger partial charge in [-0.3, -0.25) is 4.79 Å². The number of hydrogen-bond donors (Lipinski definition) is 2. The second kappa shape index (κ2) is 5.98. The highest BCUT2D eigenvalue weighted by Gasteiger charge is 2.44. The Morgan fingerprint density at radius 1 is 1.39 bits per heavy atom. The van der Waals surface area contributed by atoms with Crippen molar-refractivity contribution in [3.63, 3.8) is 0 Å². The zero-order chi connectivity index (χ0) is 16.4. The molecule has 1 saturated heterocycles. The van der Waals surface area contributed by atoms with Gasteiger partial charge in [0.25, 0.3) is 5.91 Å². The third-order valence-electron chi connectivity index (χ3n) is 3.61. The number of carbonyl (C=O) groups is 2. The minimum absolute atomic E-state index is 0.00237. The maximum atomic E-state index is 12.3. The molecule has 2 heterocycles. The van der Waals surface area contributed by atoms with Crippen molar-refractivity contribution in [3.8, 4) is 5.69 Å². The smallest absolute Gasteiger partial charge is 0.331 e. The van der Waals surface area contributed by atoms with Gasteiger partial charge in [-0.25, -0.2) is 9.48 Å². The molecule has 0 bridgehead atoms. The second-order valence-corrected chi connectivity index (χ2v) is 5.55. The van der Waals surface area contributed by atoms with E-state index in [0.29, 0.717) is 10.7 Å². The Morgan fingerprint density at radius 3 is 2.83 bits per heavy atom. The number of halogens is 1. The Kier molecular flexibility index (Phi) is 4.01. The van der Waals surface area contributed by atoms with E-state index in [0.717, 1.165) is 0 Å². The fourth-order valence-corrected chi connectivity index (χ4v) is 2.51. The monoisotopic (exact) mass is 336 g/mol. The number of nitrogens with one attached hydrogen (secondary N) is 1. The number of amides is 1. The number of aliphatic carboxylic acids is 1. The van der Waals surface area contributed by atoms with Crippen LogP contribution in [0.1, 0.15) is 16.9 Å². The summed E-state index contributed by atoms with van der Waals surface area (Å²) in [6, 6.07) is 6.96. The molecule has 1 atom stereocenters. The average Bonchev–Trinajstić information content (AvgIpc) is 3.17. The van der Waals surface area contributed by atoms with Crippen LogP contribution in [0.4, 0.5) is 0 Å². The van der Waals surface area contributed by atoms with Gasteiger partial charge in [0.1, 0.15) is 0 Å². The summed E-state index contributed by atoms with van der Waals surface area (Å²) in [6.45, 7) is 0.200. The predicted molar refractivity (Wildman–Crippen MR) is 79.6 cm³/mol. The van der Waals surface area contributed by atoms with E-state index >= 15 is 0 Å². The molecule has 0 saturated carbocycles. The van der Waals surface area contributed by atoms with Gasteiger partial charge in [-0.15, -0.1) is 5.10 Å². The summed E-state index contributed by atoms with van der Waals surface area (Å²) in [4.78, 5) is 23.7. The molecule has 1 aromatic heterocycles. The van der Waals surface area contributed by atoms with Crippen molar-refractivity contribution in [1.82, 2.24) is 20.3 Å². The van der Waals surface area contributed by atoms with Gasteiger partial charge in [-0.2, -0.15) is 0 Å². The van der Waals surface area contributed by atoms with Gasteiger partial charge >= 0.3 is 5.97 Å². The van der Waals surface area contributed by atoms with Crippen molar-refractivity contribution >= 4 is 23.5 Å². The van der Waals surface area contributed by atoms with Crippen LogP contribution in [0, 0.1) is 0 Å². The molecule has 0 spiro atoms. The Labute approximate surface area is 136 Å². The van der Waals surface area contributed by atoms with E-state index in [1.165, 1.54) is 10.9 Å². The first-order valence-electron chi connectivity index (χ1n) is 6.83. The molecule has 9 heteroatoms. The summed E-state index contributed by atoms with van der Waals surface area (Å²) < 4.78 is 6.45. The molecule has 2 N–H and O–H groups in total. The largest absolute Gasteiger partial charge is 0.479 e. The highest BCUT2D eigenvalue weighted by Crippen LogP contribution is 2.21. The molecule has 0 radical (unpaired) electrons. The van der Waals surface area contributed by atoms with E-state index in [9.17, 15) is 14.7 Å². The molecule has 1 aromatic carbocycles. The number of carbonyl (C=O) groups excluding carboxylic acids is 1. The summed E-state index contributed by atoms with van der Waals surface area (Å²) in [6.07, 6.45) is 1.59. The Bertz CT molecular complexity index is 755. The van der Waals surface area contributed by atoms with E-state index < -0.39 is 17.4 Å². The van der Waals surface area contributed by atoms with Gasteiger partial charge in [0, 0.05) is 13.0 Å². The van der Waals surface area contributed by atoms with E-state index in [-0.39, 0.29) is 25.3 Å². The normalized spacial score (nSPS) is 20.4. The highest BCUT2D eigenvalue weighted by molar-refractivity contribution is 6.32. The first-order valence-corrected chi connectivity index (χ1v) is 7.20. The van der Waals surface area contributed by atoms with Gasteiger partial charge in [0.2, 0.25) is 0 Å². The molecule has 1 aliphatic heterocycles. The van der Waals surface area contributed by atoms with Crippen molar-refractivity contribution in [3.05, 3.63) is 41.2 Å². The Balaban J connectivity index is 1.82. The van der Waals surface area contributed by atoms with Crippen molar-refractivity contribution in [2.75, 3.05) is 13.2 Å². The van der Waals surface area contributed by atoms with Crippen LogP contribution in [-0.4, -0.2) is 50.7 Å². The third kappa shape index (κ3) is 2.90. The van der Waals surface area contributed by atoms with E-state index in [4.69, 9.17) is 16.3 Å². The average molecular weight is 337 g/mol. The SMILES string of the molecule is O=C(NC1(C(=O)O)CCOC1)c1cn(-c2ccccc2Cl)nn1. The molecule has 0 aliphatic carbocycles. The second-order valence-electron chi connectivity index (χ2n) is 5.14. The van der Waals surface area contributed by atoms with Crippen molar-refractivity contribution in [2.45, 2.75) is 12.0 Å². The zero-order valence-corrected chi connectivity index (χ0v) is 12.7. The molecule has 2 aromatic rings. The summed E-state index contributed by atoms with van der Waals surface area (Å²) in [7, 11) is 0. The van der Waals surface area contributed by atoms with Gasteiger partial charge in [0.15, 0.2) is 11.2 Å². The molecule has 1 fully saturated rings. The van der Waals surface area contributed by atoms with Crippen molar-refractivity contribution < 1.29 is 19.4 Å². The first kappa shape index (κ1) is 15.4. The molecule has 3 rings (SSSR count). The molecule has 1 amide bonds. The van der Waals surface area contributed by atoms with Crippen LogP contribution in [0.2, 0.25) is 5.02 Å². The number of para-hydroxylation sites is 1. The van der Waals surface area contributed by atoms with Crippen LogP contribution in [0.5, 0.6) is 0 Å². The maximum Gasteiger partial charge on any atom is 0.331 e. The number of ether oxygens (including phenoxy) is 1. The number of carboxylic acid groups (broad SMARTS) is 1. The fourth-order valence-electron chi connectivity index (χ4n) is 2.29. The molecular weight excluding hydrogens is 324 g/mol. The van der Waals surface area contributed by atoms with Gasteiger partial charge in [-0.1, -0.05) is 28.9 Å². The number of hydrogen-bond acceptors (Lipinski definition) is 5. The molecular formula is C14H13ClN4O4. The third-order valence-corrected chi connectivity index (χ3v) is 3.93. The van der Waals surface area contributed by atoms with Crippen molar-refractivity contribution in [2.24, 2.45) is 0 Å². The van der Waals surface area contributed by atoms with Crippen molar-refractivity contribution in [1.29, 1.82) is 0 Å². The minimum atomic E-state index is -1.43. The topological polar surface area (TPSA) is 106 Å². The van der Waals surface area contributed by atoms with E-state index in [2.05, 4.69) is 15.6 Å². The summed E-state index contributed by atoms with van der Waals surface area (Å²) in [5, 5.41) is 19.9. The van der Waals surface area contributed by atoms with Gasteiger partial charge in [0.05, 0.1) is 23.5 Å². The summed E-state index contributed by atoms with van der Waals surface area (Å²) in [5.74, 6) is -1.77. The molecule has 8 nitrogen and oxygen atoms in total. The molecule has 23 heavy (non-hydrogen) atoms. The van der Waals surface area contributed by atoms with Crippen LogP contribution < -0.4 is 5.32 Å². The zero-order valence-electron chi connectivity index (χ0n) is 11.9. The first-order chi connectivity index (χ1) is 11.0. The molecule has 1 unspecified atom stereocenters. The lowest BCUT2D eigenvalue weighted by atomic mass is 9.99. The molecule has 120 valence electrons. The van der Waals surface area contributed by atoms with Crippen LogP contribution in [0.15, 0.2) is 30.5 Å². The number of benzene rings is 1. The Morgan fingerprint density at radius 2 is 2.17 bits per heavy atom. The minimum Gasteiger partial charge on any atom is -0.479 e. The summed E-state index contributed by atoms with van der Waals surface area (Å²) >= 11 is 6.07. The highest BCUT2D eigenvalue weighted by atomic mass is 35.5. The van der Waals surface area contributed by atoms with E-state index in [1.54, 1.807) is 24.3 Å². The van der Waals surface area contributed by atoms with Crippen LogP contribution >= 0.6 is 11.6 Å².